The fraction of sp³-hybridized carbons (Fsp3) is 0.276. The Morgan fingerprint density at radius 2 is 1.76 bits per heavy atom. The number of benzene rings is 3. The minimum atomic E-state index is -0.856. The summed E-state index contributed by atoms with van der Waals surface area (Å²) in [5.74, 6) is 1.15. The Morgan fingerprint density at radius 3 is 2.49 bits per heavy atom. The number of carbonyl (C=O) groups excluding carboxylic acids is 1. The predicted octanol–water partition coefficient (Wildman–Crippen LogP) is 5.24. The average molecular weight is 533 g/mol. The van der Waals surface area contributed by atoms with E-state index in [0.29, 0.717) is 21.8 Å². The monoisotopic (exact) mass is 532 g/mol. The fourth-order valence-corrected chi connectivity index (χ4v) is 5.54. The van der Waals surface area contributed by atoms with E-state index in [1.165, 1.54) is 5.56 Å². The highest BCUT2D eigenvalue weighted by atomic mass is 35.5. The molecule has 0 bridgehead atoms. The van der Waals surface area contributed by atoms with Crippen molar-refractivity contribution in [2.45, 2.75) is 24.9 Å². The van der Waals surface area contributed by atoms with Crippen LogP contribution in [-0.4, -0.2) is 55.0 Å². The molecule has 1 N–H and O–H groups in total. The second kappa shape index (κ2) is 10.9. The molecule has 3 aromatic carbocycles. The van der Waals surface area contributed by atoms with Crippen LogP contribution in [-0.2, 0) is 4.79 Å². The molecule has 1 atom stereocenters. The Hall–Kier alpha value is -3.42. The number of rotatable bonds is 4. The number of likely N-dealkylation sites (tertiary alicyclic amines) is 1. The molecule has 6 nitrogen and oxygen atoms in total. The molecule has 5 rings (SSSR count). The molecule has 0 saturated carbocycles. The van der Waals surface area contributed by atoms with Crippen molar-refractivity contribution in [3.05, 3.63) is 94.5 Å². The number of hydrogen-bond donors (Lipinski definition) is 1. The molecule has 3 aromatic rings. The highest BCUT2D eigenvalue weighted by Gasteiger charge is 2.32. The van der Waals surface area contributed by atoms with Gasteiger partial charge in [0, 0.05) is 36.3 Å². The molecule has 1 unspecified atom stereocenters. The lowest BCUT2D eigenvalue weighted by molar-refractivity contribution is -0.119. The maximum atomic E-state index is 13.5. The molecule has 0 aromatic heterocycles. The van der Waals surface area contributed by atoms with E-state index in [0.717, 1.165) is 48.5 Å². The summed E-state index contributed by atoms with van der Waals surface area (Å²) in [6, 6.07) is 23.5. The lowest BCUT2D eigenvalue weighted by atomic mass is 9.89. The predicted molar refractivity (Wildman–Crippen MR) is 153 cm³/mol. The number of nitrogens with one attached hydrogen (secondary N) is 1. The minimum Gasteiger partial charge on any atom is -0.496 e. The summed E-state index contributed by atoms with van der Waals surface area (Å²) in [6.07, 6.45) is 1.04. The van der Waals surface area contributed by atoms with Crippen LogP contribution in [0.15, 0.2) is 77.8 Å². The standard InChI is InChI=1S/C29H29ClN4O2S/c1-33-24-13-12-21(30)18-23(24)26(20-8-4-3-5-9-20)31-27(28(33)35)32-29(37)34-16-14-19(15-17-34)22-10-6-7-11-25(22)36-2/h3-13,18-19,27H,14-17H2,1-2H3,(H,32,37). The Balaban J connectivity index is 1.37. The molecule has 1 saturated heterocycles. The third-order valence-electron chi connectivity index (χ3n) is 7.07. The second-order valence-corrected chi connectivity index (χ2v) is 10.1. The molecule has 190 valence electrons. The average Bonchev–Trinajstić information content (AvgIpc) is 3.03. The number of fused-ring (bicyclic) bond motifs is 1. The van der Waals surface area contributed by atoms with Gasteiger partial charge in [0.25, 0.3) is 5.91 Å². The summed E-state index contributed by atoms with van der Waals surface area (Å²) in [7, 11) is 3.47. The number of thiocarbonyl (C=S) groups is 1. The summed E-state index contributed by atoms with van der Waals surface area (Å²) in [6.45, 7) is 1.58. The van der Waals surface area contributed by atoms with Crippen LogP contribution in [0, 0.1) is 0 Å². The first-order valence-corrected chi connectivity index (χ1v) is 13.1. The van der Waals surface area contributed by atoms with Crippen molar-refractivity contribution in [1.29, 1.82) is 0 Å². The van der Waals surface area contributed by atoms with E-state index in [4.69, 9.17) is 33.5 Å². The second-order valence-electron chi connectivity index (χ2n) is 9.26. The van der Waals surface area contributed by atoms with E-state index < -0.39 is 6.17 Å². The first-order chi connectivity index (χ1) is 18.0. The molecular weight excluding hydrogens is 504 g/mol. The highest BCUT2D eigenvalue weighted by Crippen LogP contribution is 2.34. The van der Waals surface area contributed by atoms with Crippen molar-refractivity contribution in [3.63, 3.8) is 0 Å². The van der Waals surface area contributed by atoms with Gasteiger partial charge in [-0.15, -0.1) is 0 Å². The van der Waals surface area contributed by atoms with E-state index in [1.54, 1.807) is 25.1 Å². The first-order valence-electron chi connectivity index (χ1n) is 12.4. The SMILES string of the molecule is COc1ccccc1C1CCN(C(=S)NC2N=C(c3ccccc3)c3cc(Cl)ccc3N(C)C2=O)CC1. The first kappa shape index (κ1) is 25.2. The third kappa shape index (κ3) is 5.20. The fourth-order valence-electron chi connectivity index (χ4n) is 5.07. The van der Waals surface area contributed by atoms with E-state index in [2.05, 4.69) is 22.3 Å². The van der Waals surface area contributed by atoms with Gasteiger partial charge in [-0.1, -0.05) is 60.1 Å². The largest absolute Gasteiger partial charge is 0.496 e. The number of likely N-dealkylation sites (N-methyl/N-ethyl adjacent to an activating group) is 1. The number of carbonyl (C=O) groups is 1. The molecule has 0 spiro atoms. The Labute approximate surface area is 227 Å². The van der Waals surface area contributed by atoms with Crippen LogP contribution >= 0.6 is 23.8 Å². The van der Waals surface area contributed by atoms with Gasteiger partial charge in [0.15, 0.2) is 5.11 Å². The van der Waals surface area contributed by atoms with Crippen LogP contribution in [0.4, 0.5) is 5.69 Å². The Kier molecular flexibility index (Phi) is 7.44. The smallest absolute Gasteiger partial charge is 0.272 e. The van der Waals surface area contributed by atoms with Gasteiger partial charge in [0.1, 0.15) is 5.75 Å². The summed E-state index contributed by atoms with van der Waals surface area (Å²) < 4.78 is 5.57. The number of nitrogens with zero attached hydrogens (tertiary/aromatic N) is 3. The lowest BCUT2D eigenvalue weighted by Crippen LogP contribution is -2.52. The van der Waals surface area contributed by atoms with Gasteiger partial charge >= 0.3 is 0 Å². The number of halogens is 1. The zero-order valence-corrected chi connectivity index (χ0v) is 22.4. The van der Waals surface area contributed by atoms with Crippen LogP contribution in [0.3, 0.4) is 0 Å². The van der Waals surface area contributed by atoms with Gasteiger partial charge in [0.2, 0.25) is 6.17 Å². The molecular formula is C29H29ClN4O2S. The van der Waals surface area contributed by atoms with Crippen LogP contribution in [0.1, 0.15) is 35.4 Å². The summed E-state index contributed by atoms with van der Waals surface area (Å²) in [4.78, 5) is 22.2. The van der Waals surface area contributed by atoms with E-state index in [1.807, 2.05) is 54.6 Å². The number of piperidine rings is 1. The van der Waals surface area contributed by atoms with Crippen molar-refractivity contribution < 1.29 is 9.53 Å². The maximum absolute atomic E-state index is 13.5. The molecule has 1 fully saturated rings. The van der Waals surface area contributed by atoms with E-state index >= 15 is 0 Å². The number of anilines is 1. The van der Waals surface area contributed by atoms with Crippen molar-refractivity contribution in [1.82, 2.24) is 10.2 Å². The maximum Gasteiger partial charge on any atom is 0.272 e. The van der Waals surface area contributed by atoms with Gasteiger partial charge in [0.05, 0.1) is 18.5 Å². The number of methoxy groups -OCH3 is 1. The number of aliphatic imine (C=N–C) groups is 1. The molecule has 0 radical (unpaired) electrons. The van der Waals surface area contributed by atoms with Crippen LogP contribution in [0.25, 0.3) is 0 Å². The number of amides is 1. The summed E-state index contributed by atoms with van der Waals surface area (Å²) in [5.41, 5.74) is 4.40. The molecule has 37 heavy (non-hydrogen) atoms. The molecule has 2 aliphatic rings. The zero-order chi connectivity index (χ0) is 25.9. The van der Waals surface area contributed by atoms with Gasteiger partial charge in [-0.25, -0.2) is 4.99 Å². The van der Waals surface area contributed by atoms with Gasteiger partial charge in [-0.3, -0.25) is 4.79 Å². The number of benzodiazepines with no additional fused rings is 1. The molecule has 2 aliphatic heterocycles. The lowest BCUT2D eigenvalue weighted by Gasteiger charge is -2.35. The molecule has 8 heteroatoms. The molecule has 0 aliphatic carbocycles. The van der Waals surface area contributed by atoms with E-state index in [9.17, 15) is 4.79 Å². The third-order valence-corrected chi connectivity index (χ3v) is 7.68. The normalized spacial score (nSPS) is 18.1. The number of hydrogen-bond acceptors (Lipinski definition) is 4. The van der Waals surface area contributed by atoms with Crippen molar-refractivity contribution in [3.8, 4) is 5.75 Å². The summed E-state index contributed by atoms with van der Waals surface area (Å²) >= 11 is 12.1. The number of para-hydroxylation sites is 1. The van der Waals surface area contributed by atoms with Gasteiger partial charge in [-0.2, -0.15) is 0 Å². The van der Waals surface area contributed by atoms with Crippen LogP contribution in [0.5, 0.6) is 5.75 Å². The van der Waals surface area contributed by atoms with Crippen molar-refractivity contribution in [2.75, 3.05) is 32.1 Å². The quantitative estimate of drug-likeness (QED) is 0.466. The topological polar surface area (TPSA) is 57.2 Å². The van der Waals surface area contributed by atoms with Gasteiger partial charge in [-0.05, 0) is 60.8 Å². The van der Waals surface area contributed by atoms with Crippen LogP contribution in [0.2, 0.25) is 5.02 Å². The Bertz CT molecular complexity index is 1340. The Morgan fingerprint density at radius 1 is 1.05 bits per heavy atom. The van der Waals surface area contributed by atoms with E-state index in [-0.39, 0.29) is 5.91 Å². The van der Waals surface area contributed by atoms with Crippen molar-refractivity contribution >= 4 is 46.2 Å². The molecule has 2 heterocycles. The van der Waals surface area contributed by atoms with Gasteiger partial charge < -0.3 is 19.9 Å². The van der Waals surface area contributed by atoms with Crippen molar-refractivity contribution in [2.24, 2.45) is 4.99 Å². The zero-order valence-electron chi connectivity index (χ0n) is 20.9. The summed E-state index contributed by atoms with van der Waals surface area (Å²) in [5, 5.41) is 4.38. The highest BCUT2D eigenvalue weighted by molar-refractivity contribution is 7.80. The minimum absolute atomic E-state index is 0.180. The van der Waals surface area contributed by atoms with Crippen LogP contribution < -0.4 is 15.0 Å². The molecule has 1 amide bonds. The number of ether oxygens (including phenoxy) is 1.